The van der Waals surface area contributed by atoms with Gasteiger partial charge in [0.25, 0.3) is 0 Å². The number of thioether (sulfide) groups is 1. The quantitative estimate of drug-likeness (QED) is 0.192. The maximum absolute atomic E-state index is 4.98. The standard InChI is InChI=1S/C22H35N7S.HI/c1-3-21-27-26-18-29(21)15-11-23-22(24-12-16-30-2)25-17-20(28-13-7-8-14-28)19-9-5-4-6-10-19;/h4-6,9-10,18,20H,3,7-8,11-17H2,1-2H3,(H2,23,24,25);1H. The van der Waals surface area contributed by atoms with Gasteiger partial charge in [0.05, 0.1) is 12.6 Å². The van der Waals surface area contributed by atoms with Crippen LogP contribution in [0.3, 0.4) is 0 Å². The van der Waals surface area contributed by atoms with Crippen LogP contribution in [-0.2, 0) is 13.0 Å². The van der Waals surface area contributed by atoms with E-state index in [0.29, 0.717) is 6.04 Å². The number of aliphatic imine (C=N–C) groups is 1. The lowest BCUT2D eigenvalue weighted by molar-refractivity contribution is 0.251. The van der Waals surface area contributed by atoms with E-state index in [1.165, 1.54) is 18.4 Å². The molecule has 7 nitrogen and oxygen atoms in total. The van der Waals surface area contributed by atoms with E-state index in [4.69, 9.17) is 4.99 Å². The van der Waals surface area contributed by atoms with E-state index >= 15 is 0 Å². The van der Waals surface area contributed by atoms with E-state index in [2.05, 4.69) is 73.8 Å². The van der Waals surface area contributed by atoms with E-state index < -0.39 is 0 Å². The second-order valence-corrected chi connectivity index (χ2v) is 8.48. The second kappa shape index (κ2) is 14.7. The summed E-state index contributed by atoms with van der Waals surface area (Å²) in [7, 11) is 0. The van der Waals surface area contributed by atoms with Crippen molar-refractivity contribution in [3.63, 3.8) is 0 Å². The maximum Gasteiger partial charge on any atom is 0.191 e. The topological polar surface area (TPSA) is 70.4 Å². The van der Waals surface area contributed by atoms with Gasteiger partial charge in [-0.05, 0) is 37.8 Å². The van der Waals surface area contributed by atoms with Crippen molar-refractivity contribution in [3.05, 3.63) is 48.0 Å². The van der Waals surface area contributed by atoms with Gasteiger partial charge in [-0.25, -0.2) is 0 Å². The molecule has 1 fully saturated rings. The number of nitrogens with zero attached hydrogens (tertiary/aromatic N) is 5. The minimum Gasteiger partial charge on any atom is -0.356 e. The van der Waals surface area contributed by atoms with Crippen molar-refractivity contribution >= 4 is 41.7 Å². The Morgan fingerprint density at radius 1 is 1.16 bits per heavy atom. The zero-order chi connectivity index (χ0) is 21.0. The minimum atomic E-state index is 0. The first kappa shape index (κ1) is 25.9. The molecule has 3 rings (SSSR count). The first-order valence-corrected chi connectivity index (χ1v) is 12.4. The number of aromatic nitrogens is 3. The van der Waals surface area contributed by atoms with Gasteiger partial charge < -0.3 is 15.2 Å². The Labute approximate surface area is 207 Å². The third-order valence-electron chi connectivity index (χ3n) is 5.44. The Morgan fingerprint density at radius 3 is 2.61 bits per heavy atom. The molecule has 0 aliphatic carbocycles. The van der Waals surface area contributed by atoms with Gasteiger partial charge >= 0.3 is 0 Å². The largest absolute Gasteiger partial charge is 0.356 e. The summed E-state index contributed by atoms with van der Waals surface area (Å²) >= 11 is 1.84. The fourth-order valence-electron chi connectivity index (χ4n) is 3.82. The molecule has 1 aliphatic rings. The lowest BCUT2D eigenvalue weighted by Gasteiger charge is -2.27. The Balaban J connectivity index is 0.00000341. The van der Waals surface area contributed by atoms with E-state index in [-0.39, 0.29) is 24.0 Å². The summed E-state index contributed by atoms with van der Waals surface area (Å²) in [5.74, 6) is 2.96. The van der Waals surface area contributed by atoms with Gasteiger partial charge in [-0.15, -0.1) is 34.2 Å². The van der Waals surface area contributed by atoms with Crippen molar-refractivity contribution in [3.8, 4) is 0 Å². The van der Waals surface area contributed by atoms with Crippen molar-refractivity contribution in [1.82, 2.24) is 30.3 Å². The highest BCUT2D eigenvalue weighted by Crippen LogP contribution is 2.25. The van der Waals surface area contributed by atoms with E-state index in [9.17, 15) is 0 Å². The number of halogens is 1. The molecule has 0 saturated carbocycles. The van der Waals surface area contributed by atoms with Gasteiger partial charge in [-0.3, -0.25) is 9.89 Å². The summed E-state index contributed by atoms with van der Waals surface area (Å²) in [4.78, 5) is 7.55. The third kappa shape index (κ3) is 8.27. The Hall–Kier alpha value is -1.33. The minimum absolute atomic E-state index is 0. The normalized spacial score (nSPS) is 15.5. The van der Waals surface area contributed by atoms with Gasteiger partial charge in [0.1, 0.15) is 12.2 Å². The predicted molar refractivity (Wildman–Crippen MR) is 141 cm³/mol. The molecule has 1 atom stereocenters. The molecular weight excluding hydrogens is 521 g/mol. The molecule has 1 aromatic heterocycles. The summed E-state index contributed by atoms with van der Waals surface area (Å²) in [6.45, 7) is 7.69. The van der Waals surface area contributed by atoms with Crippen LogP contribution in [0.15, 0.2) is 41.7 Å². The van der Waals surface area contributed by atoms with Gasteiger partial charge in [0.15, 0.2) is 5.96 Å². The number of guanidine groups is 1. The molecule has 1 aliphatic heterocycles. The van der Waals surface area contributed by atoms with Crippen molar-refractivity contribution in [2.75, 3.05) is 44.7 Å². The molecule has 0 bridgehead atoms. The van der Waals surface area contributed by atoms with Crippen molar-refractivity contribution in [2.24, 2.45) is 4.99 Å². The van der Waals surface area contributed by atoms with Gasteiger partial charge in [0.2, 0.25) is 0 Å². The van der Waals surface area contributed by atoms with E-state index in [1.807, 2.05) is 11.8 Å². The van der Waals surface area contributed by atoms with Crippen LogP contribution in [0.2, 0.25) is 0 Å². The summed E-state index contributed by atoms with van der Waals surface area (Å²) in [6, 6.07) is 11.1. The molecule has 1 unspecified atom stereocenters. The molecule has 31 heavy (non-hydrogen) atoms. The zero-order valence-electron chi connectivity index (χ0n) is 18.7. The highest BCUT2D eigenvalue weighted by Gasteiger charge is 2.23. The Morgan fingerprint density at radius 2 is 1.90 bits per heavy atom. The SMILES string of the molecule is CCc1nncn1CCNC(=NCC(c1ccccc1)N1CCCC1)NCCSC.I. The van der Waals surface area contributed by atoms with Crippen molar-refractivity contribution in [2.45, 2.75) is 38.8 Å². The maximum atomic E-state index is 4.98. The van der Waals surface area contributed by atoms with Crippen LogP contribution in [0.25, 0.3) is 0 Å². The Bertz CT molecular complexity index is 762. The number of rotatable bonds is 11. The fourth-order valence-corrected chi connectivity index (χ4v) is 4.12. The van der Waals surface area contributed by atoms with Crippen LogP contribution >= 0.6 is 35.7 Å². The molecule has 172 valence electrons. The number of benzene rings is 1. The number of hydrogen-bond donors (Lipinski definition) is 2. The molecule has 2 aromatic rings. The molecule has 2 heterocycles. The zero-order valence-corrected chi connectivity index (χ0v) is 21.8. The van der Waals surface area contributed by atoms with Crippen LogP contribution in [0.4, 0.5) is 0 Å². The van der Waals surface area contributed by atoms with Crippen LogP contribution in [0.5, 0.6) is 0 Å². The summed E-state index contributed by atoms with van der Waals surface area (Å²) < 4.78 is 2.10. The second-order valence-electron chi connectivity index (χ2n) is 7.50. The van der Waals surface area contributed by atoms with E-state index in [1.54, 1.807) is 6.33 Å². The number of nitrogens with one attached hydrogen (secondary N) is 2. The lowest BCUT2D eigenvalue weighted by atomic mass is 10.1. The summed E-state index contributed by atoms with van der Waals surface area (Å²) in [5.41, 5.74) is 1.35. The van der Waals surface area contributed by atoms with Gasteiger partial charge in [-0.1, -0.05) is 37.3 Å². The summed E-state index contributed by atoms with van der Waals surface area (Å²) in [5, 5.41) is 15.2. The third-order valence-corrected chi connectivity index (χ3v) is 6.06. The highest BCUT2D eigenvalue weighted by atomic mass is 127. The van der Waals surface area contributed by atoms with Crippen molar-refractivity contribution < 1.29 is 0 Å². The van der Waals surface area contributed by atoms with Crippen LogP contribution < -0.4 is 10.6 Å². The molecule has 2 N–H and O–H groups in total. The molecule has 0 radical (unpaired) electrons. The van der Waals surface area contributed by atoms with E-state index in [0.717, 1.165) is 63.2 Å². The number of likely N-dealkylation sites (tertiary alicyclic amines) is 1. The average molecular weight is 558 g/mol. The molecule has 0 amide bonds. The molecule has 1 saturated heterocycles. The molecule has 1 aromatic carbocycles. The summed E-state index contributed by atoms with van der Waals surface area (Å²) in [6.07, 6.45) is 7.38. The Kier molecular flexibility index (Phi) is 12.3. The average Bonchev–Trinajstić information content (AvgIpc) is 3.46. The first-order valence-electron chi connectivity index (χ1n) is 11.0. The molecule has 9 heteroatoms. The van der Waals surface area contributed by atoms with Crippen LogP contribution in [-0.4, -0.2) is 70.4 Å². The monoisotopic (exact) mass is 557 g/mol. The van der Waals surface area contributed by atoms with Crippen molar-refractivity contribution in [1.29, 1.82) is 0 Å². The molecular formula is C22H36IN7S. The van der Waals surface area contributed by atoms with Gasteiger partial charge in [-0.2, -0.15) is 11.8 Å². The van der Waals surface area contributed by atoms with Gasteiger partial charge in [0, 0.05) is 31.8 Å². The van der Waals surface area contributed by atoms with Crippen LogP contribution in [0, 0.1) is 0 Å². The highest BCUT2D eigenvalue weighted by molar-refractivity contribution is 14.0. The predicted octanol–water partition coefficient (Wildman–Crippen LogP) is 3.19. The lowest BCUT2D eigenvalue weighted by Crippen LogP contribution is -2.41. The number of aryl methyl sites for hydroxylation is 1. The molecule has 0 spiro atoms. The smallest absolute Gasteiger partial charge is 0.191 e. The first-order chi connectivity index (χ1) is 14.8. The van der Waals surface area contributed by atoms with Crippen LogP contribution in [0.1, 0.15) is 37.2 Å². The number of hydrogen-bond acceptors (Lipinski definition) is 5. The fraction of sp³-hybridized carbons (Fsp3) is 0.591.